The van der Waals surface area contributed by atoms with Crippen LogP contribution < -0.4 is 5.32 Å². The minimum absolute atomic E-state index is 0.437. The third-order valence-corrected chi connectivity index (χ3v) is 4.09. The molecule has 1 N–H and O–H groups in total. The zero-order chi connectivity index (χ0) is 15.1. The fourth-order valence-electron chi connectivity index (χ4n) is 2.99. The molecule has 0 aliphatic carbocycles. The predicted molar refractivity (Wildman–Crippen MR) is 85.5 cm³/mol. The van der Waals surface area contributed by atoms with Gasteiger partial charge in [0.2, 0.25) is 0 Å². The van der Waals surface area contributed by atoms with Gasteiger partial charge in [-0.05, 0) is 31.4 Å². The van der Waals surface area contributed by atoms with Crippen molar-refractivity contribution in [2.45, 2.75) is 45.7 Å². The number of furan rings is 1. The van der Waals surface area contributed by atoms with Crippen LogP contribution in [0.2, 0.25) is 0 Å². The van der Waals surface area contributed by atoms with Gasteiger partial charge < -0.3 is 14.5 Å². The molecule has 1 fully saturated rings. The molecule has 2 rings (SSSR count). The molecule has 120 valence electrons. The van der Waals surface area contributed by atoms with E-state index in [4.69, 9.17) is 9.15 Å². The van der Waals surface area contributed by atoms with Gasteiger partial charge >= 0.3 is 0 Å². The molecule has 21 heavy (non-hydrogen) atoms. The molecule has 2 atom stereocenters. The second-order valence-corrected chi connectivity index (χ2v) is 6.52. The van der Waals surface area contributed by atoms with E-state index in [-0.39, 0.29) is 0 Å². The molecule has 1 saturated heterocycles. The van der Waals surface area contributed by atoms with Gasteiger partial charge in [-0.15, -0.1) is 0 Å². The van der Waals surface area contributed by atoms with Crippen molar-refractivity contribution in [3.8, 4) is 0 Å². The molecule has 1 aliphatic heterocycles. The van der Waals surface area contributed by atoms with Crippen LogP contribution in [0.4, 0.5) is 0 Å². The minimum atomic E-state index is 0.437. The van der Waals surface area contributed by atoms with Gasteiger partial charge in [-0.1, -0.05) is 13.8 Å². The number of hydrogen-bond acceptors (Lipinski definition) is 4. The minimum Gasteiger partial charge on any atom is -0.469 e. The summed E-state index contributed by atoms with van der Waals surface area (Å²) in [6.07, 6.45) is 3.93. The van der Waals surface area contributed by atoms with Crippen LogP contribution in [-0.2, 0) is 11.2 Å². The van der Waals surface area contributed by atoms with E-state index in [1.54, 1.807) is 6.26 Å². The van der Waals surface area contributed by atoms with E-state index in [1.165, 1.54) is 6.42 Å². The highest BCUT2D eigenvalue weighted by Gasteiger charge is 2.22. The topological polar surface area (TPSA) is 37.6 Å². The molecule has 1 aromatic rings. The molecule has 2 heterocycles. The van der Waals surface area contributed by atoms with Crippen molar-refractivity contribution >= 4 is 0 Å². The number of morpholine rings is 1. The molecule has 0 spiro atoms. The van der Waals surface area contributed by atoms with Crippen molar-refractivity contribution in [1.29, 1.82) is 0 Å². The van der Waals surface area contributed by atoms with Crippen LogP contribution in [-0.4, -0.2) is 49.8 Å². The average Bonchev–Trinajstić information content (AvgIpc) is 2.97. The van der Waals surface area contributed by atoms with Crippen LogP contribution in [0.3, 0.4) is 0 Å². The molecule has 4 heteroatoms. The third-order valence-electron chi connectivity index (χ3n) is 4.09. The summed E-state index contributed by atoms with van der Waals surface area (Å²) in [5, 5.41) is 3.68. The predicted octanol–water partition coefficient (Wildman–Crippen LogP) is 2.55. The lowest BCUT2D eigenvalue weighted by molar-refractivity contribution is 0.0119. The molecule has 1 aromatic heterocycles. The number of nitrogens with one attached hydrogen (secondary N) is 1. The number of nitrogens with zero attached hydrogens (tertiary/aromatic N) is 1. The summed E-state index contributed by atoms with van der Waals surface area (Å²) in [4.78, 5) is 2.58. The highest BCUT2D eigenvalue weighted by Crippen LogP contribution is 2.13. The van der Waals surface area contributed by atoms with E-state index in [1.807, 2.05) is 12.1 Å². The molecular weight excluding hydrogens is 264 g/mol. The lowest BCUT2D eigenvalue weighted by Gasteiger charge is -2.36. The van der Waals surface area contributed by atoms with E-state index in [0.29, 0.717) is 12.1 Å². The van der Waals surface area contributed by atoms with Crippen molar-refractivity contribution in [1.82, 2.24) is 10.2 Å². The van der Waals surface area contributed by atoms with Crippen molar-refractivity contribution in [3.05, 3.63) is 24.2 Å². The Bertz CT molecular complexity index is 372. The molecule has 0 aromatic carbocycles. The molecule has 0 bridgehead atoms. The molecule has 0 radical (unpaired) electrons. The van der Waals surface area contributed by atoms with Gasteiger partial charge in [-0.25, -0.2) is 0 Å². The monoisotopic (exact) mass is 294 g/mol. The fraction of sp³-hybridized carbons (Fsp3) is 0.765. The maximum absolute atomic E-state index is 5.48. The number of hydrogen-bond donors (Lipinski definition) is 1. The third kappa shape index (κ3) is 5.81. The second kappa shape index (κ2) is 8.57. The van der Waals surface area contributed by atoms with Gasteiger partial charge in [0.25, 0.3) is 0 Å². The van der Waals surface area contributed by atoms with Crippen LogP contribution in [0.15, 0.2) is 22.8 Å². The zero-order valence-corrected chi connectivity index (χ0v) is 13.7. The second-order valence-electron chi connectivity index (χ2n) is 6.52. The van der Waals surface area contributed by atoms with Crippen LogP contribution in [0.5, 0.6) is 0 Å². The molecule has 0 amide bonds. The van der Waals surface area contributed by atoms with E-state index in [2.05, 4.69) is 31.0 Å². The largest absolute Gasteiger partial charge is 0.469 e. The van der Waals surface area contributed by atoms with E-state index >= 15 is 0 Å². The Morgan fingerprint density at radius 1 is 1.24 bits per heavy atom. The van der Waals surface area contributed by atoms with Crippen LogP contribution in [0.1, 0.15) is 33.0 Å². The van der Waals surface area contributed by atoms with Crippen LogP contribution >= 0.6 is 0 Å². The van der Waals surface area contributed by atoms with Crippen LogP contribution in [0, 0.1) is 5.92 Å². The number of ether oxygens (including phenoxy) is 1. The highest BCUT2D eigenvalue weighted by atomic mass is 16.5. The number of rotatable bonds is 8. The Morgan fingerprint density at radius 3 is 2.62 bits per heavy atom. The van der Waals surface area contributed by atoms with Gasteiger partial charge in [0, 0.05) is 38.1 Å². The Kier molecular flexibility index (Phi) is 6.74. The van der Waals surface area contributed by atoms with Gasteiger partial charge in [0.05, 0.1) is 19.5 Å². The lowest BCUT2D eigenvalue weighted by atomic mass is 10.0. The van der Waals surface area contributed by atoms with Crippen LogP contribution in [0.25, 0.3) is 0 Å². The smallest absolute Gasteiger partial charge is 0.105 e. The summed E-state index contributed by atoms with van der Waals surface area (Å²) < 4.78 is 10.9. The van der Waals surface area contributed by atoms with Gasteiger partial charge in [-0.2, -0.15) is 0 Å². The molecular formula is C17H30N2O2. The first-order valence-electron chi connectivity index (χ1n) is 8.22. The SMILES string of the molecule is CC(C)CC(CNC(C)Cc1ccco1)N1CCOCC1. The quantitative estimate of drug-likeness (QED) is 0.799. The summed E-state index contributed by atoms with van der Waals surface area (Å²) in [6, 6.07) is 5.04. The van der Waals surface area contributed by atoms with Crippen molar-refractivity contribution < 1.29 is 9.15 Å². The summed E-state index contributed by atoms with van der Waals surface area (Å²) in [6.45, 7) is 11.7. The fourth-order valence-corrected chi connectivity index (χ4v) is 2.99. The first-order chi connectivity index (χ1) is 10.1. The van der Waals surface area contributed by atoms with Gasteiger partial charge in [0.15, 0.2) is 0 Å². The molecule has 0 saturated carbocycles. The van der Waals surface area contributed by atoms with E-state index in [9.17, 15) is 0 Å². The summed E-state index contributed by atoms with van der Waals surface area (Å²) in [5.74, 6) is 1.78. The molecule has 4 nitrogen and oxygen atoms in total. The average molecular weight is 294 g/mol. The van der Waals surface area contributed by atoms with Crippen molar-refractivity contribution in [3.63, 3.8) is 0 Å². The lowest BCUT2D eigenvalue weighted by Crippen LogP contribution is -2.49. The molecule has 2 unspecified atom stereocenters. The Morgan fingerprint density at radius 2 is 2.00 bits per heavy atom. The Labute approximate surface area is 128 Å². The van der Waals surface area contributed by atoms with Gasteiger partial charge in [0.1, 0.15) is 5.76 Å². The Balaban J connectivity index is 1.79. The van der Waals surface area contributed by atoms with Gasteiger partial charge in [-0.3, -0.25) is 4.90 Å². The maximum Gasteiger partial charge on any atom is 0.105 e. The normalized spacial score (nSPS) is 19.8. The summed E-state index contributed by atoms with van der Waals surface area (Å²) in [5.41, 5.74) is 0. The summed E-state index contributed by atoms with van der Waals surface area (Å²) in [7, 11) is 0. The van der Waals surface area contributed by atoms with E-state index in [0.717, 1.165) is 50.9 Å². The first-order valence-corrected chi connectivity index (χ1v) is 8.22. The van der Waals surface area contributed by atoms with Crippen molar-refractivity contribution in [2.75, 3.05) is 32.8 Å². The summed E-state index contributed by atoms with van der Waals surface area (Å²) >= 11 is 0. The zero-order valence-electron chi connectivity index (χ0n) is 13.7. The standard InChI is InChI=1S/C17H30N2O2/c1-14(2)11-16(19-6-9-20-10-7-19)13-18-15(3)12-17-5-4-8-21-17/h4-5,8,14-16,18H,6-7,9-13H2,1-3H3. The Hall–Kier alpha value is -0.840. The van der Waals surface area contributed by atoms with E-state index < -0.39 is 0 Å². The maximum atomic E-state index is 5.48. The first kappa shape index (κ1) is 16.5. The molecule has 1 aliphatic rings. The van der Waals surface area contributed by atoms with Crippen molar-refractivity contribution in [2.24, 2.45) is 5.92 Å². The highest BCUT2D eigenvalue weighted by molar-refractivity contribution is 5.00.